The van der Waals surface area contributed by atoms with Crippen molar-refractivity contribution < 1.29 is 4.79 Å². The van der Waals surface area contributed by atoms with Gasteiger partial charge in [-0.05, 0) is 30.9 Å². The molecule has 132 valence electrons. The van der Waals surface area contributed by atoms with Crippen LogP contribution in [0.25, 0.3) is 11.3 Å². The van der Waals surface area contributed by atoms with Crippen molar-refractivity contribution in [1.82, 2.24) is 14.9 Å². The van der Waals surface area contributed by atoms with Crippen LogP contribution >= 0.6 is 23.4 Å². The zero-order chi connectivity index (χ0) is 17.2. The van der Waals surface area contributed by atoms with E-state index in [1.165, 1.54) is 25.7 Å². The van der Waals surface area contributed by atoms with Gasteiger partial charge in [0.2, 0.25) is 5.91 Å². The molecule has 1 aromatic carbocycles. The van der Waals surface area contributed by atoms with Gasteiger partial charge in [0.1, 0.15) is 0 Å². The second kappa shape index (κ2) is 7.42. The van der Waals surface area contributed by atoms with Crippen LogP contribution in [0.3, 0.4) is 0 Å². The normalized spacial score (nSPS) is 17.0. The number of amides is 1. The molecule has 0 radical (unpaired) electrons. The predicted octanol–water partition coefficient (Wildman–Crippen LogP) is 4.51. The number of nitrogens with one attached hydrogen (secondary N) is 1. The molecule has 4 nitrogen and oxygen atoms in total. The summed E-state index contributed by atoms with van der Waals surface area (Å²) in [4.78, 5) is 17.1. The quantitative estimate of drug-likeness (QED) is 0.836. The first kappa shape index (κ1) is 17.0. The second-order valence-electron chi connectivity index (χ2n) is 6.83. The number of nitrogens with zero attached hydrogens (tertiary/aromatic N) is 2. The third-order valence-corrected chi connectivity index (χ3v) is 6.31. The number of hydrogen-bond acceptors (Lipinski definition) is 3. The maximum atomic E-state index is 12.3. The van der Waals surface area contributed by atoms with Gasteiger partial charge in [-0.1, -0.05) is 48.3 Å². The summed E-state index contributed by atoms with van der Waals surface area (Å²) in [6.07, 6.45) is 5.59. The van der Waals surface area contributed by atoms with Crippen LogP contribution in [-0.2, 0) is 17.9 Å². The average molecular weight is 376 g/mol. The van der Waals surface area contributed by atoms with E-state index in [4.69, 9.17) is 16.6 Å². The number of carbonyl (C=O) groups is 1. The number of halogens is 1. The Morgan fingerprint density at radius 1 is 1.28 bits per heavy atom. The van der Waals surface area contributed by atoms with E-state index in [0.29, 0.717) is 18.9 Å². The van der Waals surface area contributed by atoms with Gasteiger partial charge in [-0.3, -0.25) is 4.79 Å². The van der Waals surface area contributed by atoms with Gasteiger partial charge in [0, 0.05) is 29.3 Å². The minimum absolute atomic E-state index is 0.162. The van der Waals surface area contributed by atoms with Crippen LogP contribution in [0.4, 0.5) is 0 Å². The summed E-state index contributed by atoms with van der Waals surface area (Å²) < 4.78 is 2.24. The number of carbonyl (C=O) groups excluding carboxylic acids is 1. The predicted molar refractivity (Wildman–Crippen MR) is 102 cm³/mol. The van der Waals surface area contributed by atoms with Gasteiger partial charge in [0.25, 0.3) is 0 Å². The van der Waals surface area contributed by atoms with Gasteiger partial charge in [-0.15, -0.1) is 0 Å². The molecule has 1 aromatic heterocycles. The van der Waals surface area contributed by atoms with Crippen molar-refractivity contribution in [3.8, 4) is 11.3 Å². The highest BCUT2D eigenvalue weighted by molar-refractivity contribution is 7.99. The lowest BCUT2D eigenvalue weighted by Crippen LogP contribution is -2.26. The largest absolute Gasteiger partial charge is 0.350 e. The van der Waals surface area contributed by atoms with Crippen LogP contribution in [-0.4, -0.2) is 21.2 Å². The van der Waals surface area contributed by atoms with Gasteiger partial charge in [0.15, 0.2) is 5.16 Å². The first-order chi connectivity index (χ1) is 12.2. The van der Waals surface area contributed by atoms with Crippen molar-refractivity contribution in [2.45, 2.75) is 50.4 Å². The highest BCUT2D eigenvalue weighted by Crippen LogP contribution is 2.33. The number of rotatable bonds is 5. The maximum absolute atomic E-state index is 12.3. The summed E-state index contributed by atoms with van der Waals surface area (Å²) in [5.74, 6) is 1.78. The third kappa shape index (κ3) is 3.72. The van der Waals surface area contributed by atoms with E-state index in [0.717, 1.165) is 39.4 Å². The number of hydrogen-bond donors (Lipinski definition) is 1. The lowest BCUT2D eigenvalue weighted by molar-refractivity contribution is -0.122. The Balaban J connectivity index is 1.51. The topological polar surface area (TPSA) is 46.9 Å². The molecule has 1 aliphatic heterocycles. The monoisotopic (exact) mass is 375 g/mol. The highest BCUT2D eigenvalue weighted by Gasteiger charge is 2.24. The smallest absolute Gasteiger partial charge is 0.220 e. The summed E-state index contributed by atoms with van der Waals surface area (Å²) in [5.41, 5.74) is 3.11. The summed E-state index contributed by atoms with van der Waals surface area (Å²) >= 11 is 7.78. The van der Waals surface area contributed by atoms with E-state index in [9.17, 15) is 4.79 Å². The molecular formula is C19H22ClN3OS. The van der Waals surface area contributed by atoms with Gasteiger partial charge >= 0.3 is 0 Å². The third-order valence-electron chi connectivity index (χ3n) is 5.10. The van der Waals surface area contributed by atoms with Crippen molar-refractivity contribution in [3.63, 3.8) is 0 Å². The van der Waals surface area contributed by atoms with E-state index < -0.39 is 0 Å². The summed E-state index contributed by atoms with van der Waals surface area (Å²) in [6, 6.07) is 7.76. The molecule has 1 amide bonds. The zero-order valence-electron chi connectivity index (χ0n) is 14.1. The molecule has 0 unspecified atom stereocenters. The summed E-state index contributed by atoms with van der Waals surface area (Å²) in [6.45, 7) is 1.49. The van der Waals surface area contributed by atoms with Crippen molar-refractivity contribution in [1.29, 1.82) is 0 Å². The molecule has 0 saturated heterocycles. The number of thioether (sulfide) groups is 1. The molecule has 2 aliphatic rings. The standard InChI is InChI=1S/C19H22ClN3OS/c20-15-7-5-14(6-8-15)18-16(23-9-10-25-19(23)22-18)12-21-17(24)11-13-3-1-2-4-13/h5-8,13H,1-4,9-12H2,(H,21,24). The van der Waals surface area contributed by atoms with Gasteiger partial charge in [0.05, 0.1) is 17.9 Å². The minimum Gasteiger partial charge on any atom is -0.350 e. The fourth-order valence-corrected chi connectivity index (χ4v) is 4.88. The van der Waals surface area contributed by atoms with Gasteiger partial charge in [-0.2, -0.15) is 0 Å². The molecule has 4 rings (SSSR count). The minimum atomic E-state index is 0.162. The fourth-order valence-electron chi connectivity index (χ4n) is 3.78. The van der Waals surface area contributed by atoms with Crippen LogP contribution in [0.1, 0.15) is 37.8 Å². The van der Waals surface area contributed by atoms with E-state index >= 15 is 0 Å². The molecule has 1 aliphatic carbocycles. The average Bonchev–Trinajstić information content (AvgIpc) is 3.31. The van der Waals surface area contributed by atoms with E-state index in [-0.39, 0.29) is 5.91 Å². The molecule has 2 heterocycles. The van der Waals surface area contributed by atoms with E-state index in [1.54, 1.807) is 11.8 Å². The van der Waals surface area contributed by atoms with Crippen molar-refractivity contribution in [2.24, 2.45) is 5.92 Å². The zero-order valence-corrected chi connectivity index (χ0v) is 15.7. The molecule has 2 aromatic rings. The van der Waals surface area contributed by atoms with Crippen LogP contribution in [0.5, 0.6) is 0 Å². The molecule has 6 heteroatoms. The highest BCUT2D eigenvalue weighted by atomic mass is 35.5. The van der Waals surface area contributed by atoms with Crippen LogP contribution in [0.15, 0.2) is 29.4 Å². The Morgan fingerprint density at radius 2 is 2.04 bits per heavy atom. The second-order valence-corrected chi connectivity index (χ2v) is 8.33. The Hall–Kier alpha value is -1.46. The SMILES string of the molecule is O=C(CC1CCCC1)NCc1c(-c2ccc(Cl)cc2)nc2n1CCS2. The molecular weight excluding hydrogens is 354 g/mol. The lowest BCUT2D eigenvalue weighted by Gasteiger charge is -2.12. The van der Waals surface area contributed by atoms with Crippen molar-refractivity contribution in [3.05, 3.63) is 35.0 Å². The summed E-state index contributed by atoms with van der Waals surface area (Å²) in [5, 5.41) is 4.89. The molecule has 1 fully saturated rings. The van der Waals surface area contributed by atoms with Gasteiger partial charge < -0.3 is 9.88 Å². The Kier molecular flexibility index (Phi) is 5.04. The number of fused-ring (bicyclic) bond motifs is 1. The van der Waals surface area contributed by atoms with Crippen LogP contribution < -0.4 is 5.32 Å². The first-order valence-electron chi connectivity index (χ1n) is 8.95. The number of imidazole rings is 1. The molecule has 0 spiro atoms. The van der Waals surface area contributed by atoms with E-state index in [2.05, 4.69) is 9.88 Å². The summed E-state index contributed by atoms with van der Waals surface area (Å²) in [7, 11) is 0. The Morgan fingerprint density at radius 3 is 2.80 bits per heavy atom. The van der Waals surface area contributed by atoms with Crippen molar-refractivity contribution >= 4 is 29.3 Å². The first-order valence-corrected chi connectivity index (χ1v) is 10.3. The van der Waals surface area contributed by atoms with Crippen LogP contribution in [0, 0.1) is 5.92 Å². The molecule has 25 heavy (non-hydrogen) atoms. The van der Waals surface area contributed by atoms with Gasteiger partial charge in [-0.25, -0.2) is 4.98 Å². The fraction of sp³-hybridized carbons (Fsp3) is 0.474. The molecule has 0 atom stereocenters. The Labute approximate surface area is 157 Å². The lowest BCUT2D eigenvalue weighted by atomic mass is 10.0. The number of aromatic nitrogens is 2. The van der Waals surface area contributed by atoms with E-state index in [1.807, 2.05) is 24.3 Å². The van der Waals surface area contributed by atoms with Crippen molar-refractivity contribution in [2.75, 3.05) is 5.75 Å². The molecule has 1 saturated carbocycles. The Bertz CT molecular complexity index is 766. The molecule has 1 N–H and O–H groups in total. The number of benzene rings is 1. The van der Waals surface area contributed by atoms with Crippen LogP contribution in [0.2, 0.25) is 5.02 Å². The molecule has 0 bridgehead atoms. The maximum Gasteiger partial charge on any atom is 0.220 e.